The summed E-state index contributed by atoms with van der Waals surface area (Å²) < 4.78 is 0. The second kappa shape index (κ2) is 6.61. The van der Waals surface area contributed by atoms with Gasteiger partial charge in [0.25, 0.3) is 0 Å². The normalized spacial score (nSPS) is 49.5. The van der Waals surface area contributed by atoms with Gasteiger partial charge in [0.1, 0.15) is 12.4 Å². The lowest BCUT2D eigenvalue weighted by atomic mass is 9.43. The number of ketones is 1. The van der Waals surface area contributed by atoms with Crippen LogP contribution in [0.3, 0.4) is 0 Å². The number of carbonyl (C=O) groups excluding carboxylic acids is 1. The van der Waals surface area contributed by atoms with Gasteiger partial charge in [-0.15, -0.1) is 0 Å². The van der Waals surface area contributed by atoms with Gasteiger partial charge < -0.3 is 10.6 Å². The second-order valence-electron chi connectivity index (χ2n) is 10.1. The Balaban J connectivity index is 1.56. The van der Waals surface area contributed by atoms with E-state index in [1.165, 1.54) is 25.0 Å². The molecule has 5 unspecified atom stereocenters. The number of rotatable bonds is 3. The van der Waals surface area contributed by atoms with Crippen molar-refractivity contribution in [3.63, 3.8) is 0 Å². The van der Waals surface area contributed by atoms with Crippen molar-refractivity contribution >= 4 is 11.5 Å². The van der Waals surface area contributed by atoms with Crippen LogP contribution in [0.2, 0.25) is 0 Å². The largest absolute Gasteiger partial charge is 0.395 e. The fourth-order valence-electron chi connectivity index (χ4n) is 7.57. The van der Waals surface area contributed by atoms with Crippen molar-refractivity contribution in [1.29, 1.82) is 0 Å². The number of carbonyl (C=O) groups is 1. The van der Waals surface area contributed by atoms with Crippen molar-refractivity contribution in [1.82, 2.24) is 0 Å². The second-order valence-corrected chi connectivity index (χ2v) is 10.1. The van der Waals surface area contributed by atoms with Gasteiger partial charge in [0, 0.05) is 18.4 Å². The minimum absolute atomic E-state index is 0.0125. The Hall–Kier alpha value is -0.900. The molecule has 4 fully saturated rings. The van der Waals surface area contributed by atoms with Gasteiger partial charge >= 0.3 is 0 Å². The van der Waals surface area contributed by atoms with Crippen molar-refractivity contribution in [3.05, 3.63) is 0 Å². The van der Waals surface area contributed by atoms with Gasteiger partial charge in [0.2, 0.25) is 0 Å². The Morgan fingerprint density at radius 3 is 2.73 bits per heavy atom. The maximum Gasteiger partial charge on any atom is 0.139 e. The average Bonchev–Trinajstić information content (AvgIpc) is 2.92. The molecule has 26 heavy (non-hydrogen) atoms. The standard InChI is InChI=1S/C22H36N2O2/c1-14-12-16-17-4-5-20(25)22(17,3)9-7-18(16)21(2)8-6-15(13-19(14)21)24-26-11-10-23/h14,16-19H,4-13,23H2,1-3H3/b24-15+/t14?,16?,17?,18?,19?,21-,22+/m1/s1. The molecule has 0 heterocycles. The molecule has 4 nitrogen and oxygen atoms in total. The first-order valence-corrected chi connectivity index (χ1v) is 10.8. The molecule has 0 aromatic rings. The van der Waals surface area contributed by atoms with E-state index in [0.717, 1.165) is 43.9 Å². The minimum Gasteiger partial charge on any atom is -0.395 e. The first-order valence-electron chi connectivity index (χ1n) is 10.8. The summed E-state index contributed by atoms with van der Waals surface area (Å²) in [5.74, 6) is 4.15. The highest BCUT2D eigenvalue weighted by Gasteiger charge is 2.61. The van der Waals surface area contributed by atoms with E-state index in [0.29, 0.717) is 42.1 Å². The maximum atomic E-state index is 12.6. The van der Waals surface area contributed by atoms with Gasteiger partial charge in [0.15, 0.2) is 0 Å². The molecule has 0 bridgehead atoms. The molecule has 4 rings (SSSR count). The lowest BCUT2D eigenvalue weighted by Gasteiger charge is -2.61. The molecule has 7 atom stereocenters. The van der Waals surface area contributed by atoms with Gasteiger partial charge in [-0.1, -0.05) is 25.9 Å². The molecule has 4 saturated carbocycles. The molecule has 146 valence electrons. The highest BCUT2D eigenvalue weighted by molar-refractivity contribution is 5.87. The summed E-state index contributed by atoms with van der Waals surface area (Å²) in [7, 11) is 0. The summed E-state index contributed by atoms with van der Waals surface area (Å²) in [6.45, 7) is 8.33. The smallest absolute Gasteiger partial charge is 0.139 e. The number of hydrogen-bond donors (Lipinski definition) is 1. The molecule has 0 aromatic heterocycles. The SMILES string of the molecule is CC1CC2C(CC[C@]3(C)C(=O)CCC23)[C@@]2(C)CC/C(=N\OCCN)CC12. The van der Waals surface area contributed by atoms with Crippen LogP contribution in [0.5, 0.6) is 0 Å². The third-order valence-corrected chi connectivity index (χ3v) is 8.98. The molecule has 4 aliphatic carbocycles. The van der Waals surface area contributed by atoms with Crippen molar-refractivity contribution in [2.75, 3.05) is 13.2 Å². The summed E-state index contributed by atoms with van der Waals surface area (Å²) >= 11 is 0. The molecule has 0 radical (unpaired) electrons. The summed E-state index contributed by atoms with van der Waals surface area (Å²) in [6.07, 6.45) is 9.02. The average molecular weight is 361 g/mol. The van der Waals surface area contributed by atoms with Crippen molar-refractivity contribution in [3.8, 4) is 0 Å². The number of nitrogens with two attached hydrogens (primary N) is 1. The molecule has 0 spiro atoms. The molecule has 2 N–H and O–H groups in total. The molecule has 0 aliphatic heterocycles. The first kappa shape index (κ1) is 18.5. The number of fused-ring (bicyclic) bond motifs is 5. The van der Waals surface area contributed by atoms with Gasteiger partial charge in [-0.3, -0.25) is 4.79 Å². The molecule has 4 aliphatic rings. The molecule has 0 saturated heterocycles. The van der Waals surface area contributed by atoms with Gasteiger partial charge in [0.05, 0.1) is 5.71 Å². The van der Waals surface area contributed by atoms with E-state index in [1.807, 2.05) is 0 Å². The molecule has 4 heteroatoms. The third-order valence-electron chi connectivity index (χ3n) is 8.98. The lowest BCUT2D eigenvalue weighted by molar-refractivity contribution is -0.141. The Bertz CT molecular complexity index is 603. The maximum absolute atomic E-state index is 12.6. The van der Waals surface area contributed by atoms with E-state index in [2.05, 4.69) is 25.9 Å². The Kier molecular flexibility index (Phi) is 4.70. The molecular weight excluding hydrogens is 324 g/mol. The Morgan fingerprint density at radius 2 is 1.96 bits per heavy atom. The van der Waals surface area contributed by atoms with E-state index in [-0.39, 0.29) is 5.41 Å². The number of nitrogens with zero attached hydrogens (tertiary/aromatic N) is 1. The van der Waals surface area contributed by atoms with Crippen LogP contribution >= 0.6 is 0 Å². The molecular formula is C22H36N2O2. The Morgan fingerprint density at radius 1 is 1.15 bits per heavy atom. The predicted molar refractivity (Wildman–Crippen MR) is 104 cm³/mol. The van der Waals surface area contributed by atoms with Gasteiger partial charge in [-0.2, -0.15) is 0 Å². The lowest BCUT2D eigenvalue weighted by Crippen LogP contribution is -2.56. The topological polar surface area (TPSA) is 64.7 Å². The fourth-order valence-corrected chi connectivity index (χ4v) is 7.57. The minimum atomic E-state index is -0.0125. The zero-order valence-electron chi connectivity index (χ0n) is 16.8. The molecule has 0 aromatic carbocycles. The van der Waals surface area contributed by atoms with Crippen LogP contribution in [-0.2, 0) is 9.63 Å². The van der Waals surface area contributed by atoms with Crippen molar-refractivity contribution < 1.29 is 9.63 Å². The first-order chi connectivity index (χ1) is 12.4. The van der Waals surface area contributed by atoms with Crippen LogP contribution in [0.1, 0.15) is 72.1 Å². The summed E-state index contributed by atoms with van der Waals surface area (Å²) in [6, 6.07) is 0. The Labute approximate surface area is 158 Å². The zero-order chi connectivity index (χ0) is 18.5. The van der Waals surface area contributed by atoms with Gasteiger partial charge in [-0.25, -0.2) is 0 Å². The van der Waals surface area contributed by atoms with Crippen LogP contribution in [0.25, 0.3) is 0 Å². The van der Waals surface area contributed by atoms with Crippen molar-refractivity contribution in [2.24, 2.45) is 51.3 Å². The number of oxime groups is 1. The number of Topliss-reactive ketones (excluding diaryl/α,β-unsaturated/α-hetero) is 1. The molecule has 0 amide bonds. The summed E-state index contributed by atoms with van der Waals surface area (Å²) in [5.41, 5.74) is 7.14. The quantitative estimate of drug-likeness (QED) is 0.607. The predicted octanol–water partition coefficient (Wildman–Crippen LogP) is 4.18. The zero-order valence-corrected chi connectivity index (χ0v) is 16.8. The highest BCUT2D eigenvalue weighted by atomic mass is 16.6. The summed E-state index contributed by atoms with van der Waals surface area (Å²) in [4.78, 5) is 18.0. The van der Waals surface area contributed by atoms with Crippen LogP contribution in [0.15, 0.2) is 5.16 Å². The summed E-state index contributed by atoms with van der Waals surface area (Å²) in [5, 5.41) is 4.40. The van der Waals surface area contributed by atoms with Crippen LogP contribution in [0.4, 0.5) is 0 Å². The van der Waals surface area contributed by atoms with E-state index < -0.39 is 0 Å². The van der Waals surface area contributed by atoms with Crippen LogP contribution < -0.4 is 5.73 Å². The van der Waals surface area contributed by atoms with E-state index in [9.17, 15) is 4.79 Å². The monoisotopic (exact) mass is 360 g/mol. The van der Waals surface area contributed by atoms with Crippen molar-refractivity contribution in [2.45, 2.75) is 72.1 Å². The van der Waals surface area contributed by atoms with E-state index in [1.54, 1.807) is 0 Å². The third kappa shape index (κ3) is 2.66. The van der Waals surface area contributed by atoms with E-state index in [4.69, 9.17) is 10.6 Å². The van der Waals surface area contributed by atoms with Crippen LogP contribution in [-0.4, -0.2) is 24.6 Å². The highest BCUT2D eigenvalue weighted by Crippen LogP contribution is 2.66. The number of hydrogen-bond acceptors (Lipinski definition) is 4. The fraction of sp³-hybridized carbons (Fsp3) is 0.909. The van der Waals surface area contributed by atoms with Gasteiger partial charge in [-0.05, 0) is 80.0 Å². The van der Waals surface area contributed by atoms with E-state index >= 15 is 0 Å². The van der Waals surface area contributed by atoms with Crippen LogP contribution in [0, 0.1) is 40.4 Å².